The summed E-state index contributed by atoms with van der Waals surface area (Å²) < 4.78 is 38.7. The molecule has 1 aliphatic rings. The molecule has 5 nitrogen and oxygen atoms in total. The van der Waals surface area contributed by atoms with Gasteiger partial charge in [-0.3, -0.25) is 10.1 Å². The van der Waals surface area contributed by atoms with Crippen molar-refractivity contribution in [2.45, 2.75) is 19.1 Å². The molecule has 0 saturated carbocycles. The Morgan fingerprint density at radius 2 is 1.92 bits per heavy atom. The second-order valence-electron chi connectivity index (χ2n) is 5.55. The van der Waals surface area contributed by atoms with Gasteiger partial charge in [0, 0.05) is 6.07 Å². The van der Waals surface area contributed by atoms with E-state index in [0.717, 1.165) is 17.4 Å². The van der Waals surface area contributed by atoms with Crippen molar-refractivity contribution < 1.29 is 23.0 Å². The second-order valence-corrected chi connectivity index (χ2v) is 6.58. The zero-order valence-electron chi connectivity index (χ0n) is 13.0. The van der Waals surface area contributed by atoms with Crippen LogP contribution in [-0.4, -0.2) is 23.1 Å². The zero-order chi connectivity index (χ0) is 17.6. The summed E-state index contributed by atoms with van der Waals surface area (Å²) in [6.45, 7) is 1.72. The van der Waals surface area contributed by atoms with Gasteiger partial charge in [0.05, 0.1) is 4.70 Å². The molecular formula is C17H12F2N2O3S. The van der Waals surface area contributed by atoms with Gasteiger partial charge in [-0.15, -0.1) is 0 Å². The van der Waals surface area contributed by atoms with Crippen molar-refractivity contribution in [3.8, 4) is 11.5 Å². The van der Waals surface area contributed by atoms with Gasteiger partial charge in [-0.1, -0.05) is 23.5 Å². The normalized spacial score (nSPS) is 19.0. The van der Waals surface area contributed by atoms with Gasteiger partial charge >= 0.3 is 0 Å². The van der Waals surface area contributed by atoms with Crippen LogP contribution in [0.5, 0.6) is 11.5 Å². The largest absolute Gasteiger partial charge is 0.482 e. The van der Waals surface area contributed by atoms with Crippen molar-refractivity contribution in [3.05, 3.63) is 48.0 Å². The number of hydrogen-bond donors (Lipinski definition) is 1. The molecule has 8 heteroatoms. The predicted octanol–water partition coefficient (Wildman–Crippen LogP) is 3.74. The minimum atomic E-state index is -0.886. The summed E-state index contributed by atoms with van der Waals surface area (Å²) in [5.41, 5.74) is 0.0147. The quantitative estimate of drug-likeness (QED) is 0.754. The second kappa shape index (κ2) is 5.96. The van der Waals surface area contributed by atoms with E-state index >= 15 is 0 Å². The molecule has 3 aromatic rings. The Kier molecular flexibility index (Phi) is 3.76. The SMILES string of the molecule is CC1Oc2ccccc2OC1C(=O)Nc1nc2c(F)cc(F)cc2s1. The van der Waals surface area contributed by atoms with Crippen LogP contribution in [0.1, 0.15) is 6.92 Å². The summed E-state index contributed by atoms with van der Waals surface area (Å²) in [6, 6.07) is 8.97. The van der Waals surface area contributed by atoms with Crippen LogP contribution in [0.3, 0.4) is 0 Å². The lowest BCUT2D eigenvalue weighted by molar-refractivity contribution is -0.128. The van der Waals surface area contributed by atoms with Crippen LogP contribution >= 0.6 is 11.3 Å². The first-order valence-corrected chi connectivity index (χ1v) is 8.32. The Hall–Kier alpha value is -2.74. The summed E-state index contributed by atoms with van der Waals surface area (Å²) in [4.78, 5) is 16.5. The van der Waals surface area contributed by atoms with E-state index in [-0.39, 0.29) is 10.6 Å². The zero-order valence-corrected chi connectivity index (χ0v) is 13.8. The number of carbonyl (C=O) groups excluding carboxylic acids is 1. The van der Waals surface area contributed by atoms with Gasteiger partial charge in [-0.2, -0.15) is 0 Å². The number of ether oxygens (including phenoxy) is 2. The van der Waals surface area contributed by atoms with Gasteiger partial charge in [0.15, 0.2) is 22.4 Å². The monoisotopic (exact) mass is 362 g/mol. The van der Waals surface area contributed by atoms with Crippen molar-refractivity contribution in [2.75, 3.05) is 5.32 Å². The Bertz CT molecular complexity index is 976. The minimum Gasteiger partial charge on any atom is -0.482 e. The van der Waals surface area contributed by atoms with Crippen LogP contribution in [-0.2, 0) is 4.79 Å². The average molecular weight is 362 g/mol. The van der Waals surface area contributed by atoms with Crippen LogP contribution in [0.25, 0.3) is 10.2 Å². The van der Waals surface area contributed by atoms with Gasteiger partial charge in [0.25, 0.3) is 5.91 Å². The number of hydrogen-bond acceptors (Lipinski definition) is 5. The molecule has 1 N–H and O–H groups in total. The molecule has 2 aromatic carbocycles. The van der Waals surface area contributed by atoms with E-state index in [4.69, 9.17) is 9.47 Å². The molecule has 0 spiro atoms. The molecule has 2 heterocycles. The van der Waals surface area contributed by atoms with Gasteiger partial charge in [0.2, 0.25) is 6.10 Å². The Labute approximate surface area is 145 Å². The smallest absolute Gasteiger partial charge is 0.271 e. The molecule has 1 aliphatic heterocycles. The summed E-state index contributed by atoms with van der Waals surface area (Å²) in [7, 11) is 0. The molecule has 0 aliphatic carbocycles. The summed E-state index contributed by atoms with van der Waals surface area (Å²) in [5.74, 6) is -0.899. The van der Waals surface area contributed by atoms with Crippen LogP contribution in [0, 0.1) is 11.6 Å². The fourth-order valence-corrected chi connectivity index (χ4v) is 3.50. The van der Waals surface area contributed by atoms with Gasteiger partial charge in [0.1, 0.15) is 17.4 Å². The number of carbonyl (C=O) groups is 1. The van der Waals surface area contributed by atoms with Crippen LogP contribution in [0.2, 0.25) is 0 Å². The van der Waals surface area contributed by atoms with E-state index in [2.05, 4.69) is 10.3 Å². The highest BCUT2D eigenvalue weighted by atomic mass is 32.1. The van der Waals surface area contributed by atoms with Crippen LogP contribution in [0.15, 0.2) is 36.4 Å². The van der Waals surface area contributed by atoms with Gasteiger partial charge in [-0.25, -0.2) is 13.8 Å². The third-order valence-electron chi connectivity index (χ3n) is 3.74. The topological polar surface area (TPSA) is 60.5 Å². The average Bonchev–Trinajstić information content (AvgIpc) is 2.96. The summed E-state index contributed by atoms with van der Waals surface area (Å²) in [6.07, 6.45) is -1.40. The first kappa shape index (κ1) is 15.8. The molecule has 4 rings (SSSR count). The molecule has 0 saturated heterocycles. The maximum atomic E-state index is 13.7. The number of para-hydroxylation sites is 2. The van der Waals surface area contributed by atoms with E-state index in [9.17, 15) is 13.6 Å². The lowest BCUT2D eigenvalue weighted by Crippen LogP contribution is -2.46. The number of nitrogens with zero attached hydrogens (tertiary/aromatic N) is 1. The first-order chi connectivity index (χ1) is 12.0. The van der Waals surface area contributed by atoms with E-state index in [1.165, 1.54) is 6.07 Å². The fourth-order valence-electron chi connectivity index (χ4n) is 2.59. The van der Waals surface area contributed by atoms with E-state index in [1.54, 1.807) is 25.1 Å². The maximum Gasteiger partial charge on any atom is 0.271 e. The Morgan fingerprint density at radius 3 is 2.68 bits per heavy atom. The standard InChI is InChI=1S/C17H12F2N2O3S/c1-8-15(24-12-5-3-2-4-11(12)23-8)16(22)21-17-20-14-10(19)6-9(18)7-13(14)25-17/h2-8,15H,1H3,(H,20,21,22). The van der Waals surface area contributed by atoms with Crippen molar-refractivity contribution in [1.82, 2.24) is 4.98 Å². The molecule has 2 atom stereocenters. The molecule has 25 heavy (non-hydrogen) atoms. The number of anilines is 1. The first-order valence-electron chi connectivity index (χ1n) is 7.50. The lowest BCUT2D eigenvalue weighted by atomic mass is 10.1. The van der Waals surface area contributed by atoms with Crippen molar-refractivity contribution in [3.63, 3.8) is 0 Å². The van der Waals surface area contributed by atoms with Gasteiger partial charge < -0.3 is 9.47 Å². The molecular weight excluding hydrogens is 350 g/mol. The molecule has 128 valence electrons. The third kappa shape index (κ3) is 2.89. The molecule has 0 bridgehead atoms. The van der Waals surface area contributed by atoms with Crippen molar-refractivity contribution in [1.29, 1.82) is 0 Å². The summed E-state index contributed by atoms with van der Waals surface area (Å²) >= 11 is 0.985. The lowest BCUT2D eigenvalue weighted by Gasteiger charge is -2.30. The van der Waals surface area contributed by atoms with Crippen molar-refractivity contribution >= 4 is 32.6 Å². The third-order valence-corrected chi connectivity index (χ3v) is 4.66. The maximum absolute atomic E-state index is 13.7. The van der Waals surface area contributed by atoms with E-state index in [0.29, 0.717) is 16.2 Å². The number of benzene rings is 2. The molecule has 0 fully saturated rings. The Morgan fingerprint density at radius 1 is 1.20 bits per heavy atom. The number of thiazole rings is 1. The molecule has 2 unspecified atom stereocenters. The summed E-state index contributed by atoms with van der Waals surface area (Å²) in [5, 5.41) is 2.75. The number of amides is 1. The highest BCUT2D eigenvalue weighted by molar-refractivity contribution is 7.22. The highest BCUT2D eigenvalue weighted by Crippen LogP contribution is 2.34. The van der Waals surface area contributed by atoms with Gasteiger partial charge in [-0.05, 0) is 25.1 Å². The highest BCUT2D eigenvalue weighted by Gasteiger charge is 2.34. The number of halogens is 2. The fraction of sp³-hybridized carbons (Fsp3) is 0.176. The van der Waals surface area contributed by atoms with E-state index in [1.807, 2.05) is 6.07 Å². The minimum absolute atomic E-state index is 0.0147. The number of nitrogens with one attached hydrogen (secondary N) is 1. The molecule has 0 radical (unpaired) electrons. The Balaban J connectivity index is 1.57. The molecule has 1 amide bonds. The predicted molar refractivity (Wildman–Crippen MR) is 89.1 cm³/mol. The van der Waals surface area contributed by atoms with E-state index < -0.39 is 29.7 Å². The number of fused-ring (bicyclic) bond motifs is 2. The molecule has 1 aromatic heterocycles. The number of rotatable bonds is 2. The van der Waals surface area contributed by atoms with Crippen molar-refractivity contribution in [2.24, 2.45) is 0 Å². The van der Waals surface area contributed by atoms with Crippen LogP contribution < -0.4 is 14.8 Å². The van der Waals surface area contributed by atoms with Crippen LogP contribution in [0.4, 0.5) is 13.9 Å². The number of aromatic nitrogens is 1.